The summed E-state index contributed by atoms with van der Waals surface area (Å²) in [6, 6.07) is 0.411. The minimum Gasteiger partial charge on any atom is -0.382 e. The molecule has 0 aliphatic rings. The molecule has 16 heavy (non-hydrogen) atoms. The second-order valence-corrected chi connectivity index (χ2v) is 4.50. The first-order valence-corrected chi connectivity index (χ1v) is 6.82. The molecule has 0 saturated carbocycles. The van der Waals surface area contributed by atoms with Gasteiger partial charge in [-0.25, -0.2) is 0 Å². The Morgan fingerprint density at radius 1 is 1.19 bits per heavy atom. The van der Waals surface area contributed by atoms with Crippen molar-refractivity contribution in [2.45, 2.75) is 65.3 Å². The minimum atomic E-state index is 0.411. The van der Waals surface area contributed by atoms with Gasteiger partial charge < -0.3 is 4.74 Å². The lowest BCUT2D eigenvalue weighted by Crippen LogP contribution is -2.37. The number of nitrogens with one attached hydrogen (secondary N) is 1. The summed E-state index contributed by atoms with van der Waals surface area (Å²) in [4.78, 5) is 0. The van der Waals surface area contributed by atoms with Gasteiger partial charge in [-0.1, -0.05) is 39.5 Å². The summed E-state index contributed by atoms with van der Waals surface area (Å²) in [5, 5.41) is 0. The van der Waals surface area contributed by atoms with E-state index in [0.717, 1.165) is 25.6 Å². The number of ether oxygens (including phenoxy) is 1. The van der Waals surface area contributed by atoms with Gasteiger partial charge in [0.2, 0.25) is 0 Å². The highest BCUT2D eigenvalue weighted by Crippen LogP contribution is 2.19. The predicted octanol–water partition coefficient (Wildman–Crippen LogP) is 2.85. The molecule has 0 bridgehead atoms. The zero-order chi connectivity index (χ0) is 12.2. The number of hydrogen-bond donors (Lipinski definition) is 2. The van der Waals surface area contributed by atoms with Crippen molar-refractivity contribution in [2.24, 2.45) is 11.8 Å². The Kier molecular flexibility index (Phi) is 11.3. The first-order valence-electron chi connectivity index (χ1n) is 6.82. The van der Waals surface area contributed by atoms with Gasteiger partial charge in [0, 0.05) is 19.3 Å². The van der Waals surface area contributed by atoms with E-state index in [4.69, 9.17) is 10.6 Å². The van der Waals surface area contributed by atoms with Crippen LogP contribution in [0.5, 0.6) is 0 Å². The first kappa shape index (κ1) is 15.9. The fourth-order valence-electron chi connectivity index (χ4n) is 2.02. The maximum Gasteiger partial charge on any atom is 0.0481 e. The first-order chi connectivity index (χ1) is 7.78. The molecule has 0 saturated heterocycles. The van der Waals surface area contributed by atoms with Gasteiger partial charge in [0.1, 0.15) is 0 Å². The van der Waals surface area contributed by atoms with Crippen LogP contribution in [-0.2, 0) is 4.74 Å². The average molecular weight is 230 g/mol. The van der Waals surface area contributed by atoms with E-state index in [1.807, 2.05) is 6.92 Å². The molecule has 0 spiro atoms. The molecule has 0 aliphatic heterocycles. The van der Waals surface area contributed by atoms with E-state index >= 15 is 0 Å². The maximum absolute atomic E-state index is 5.58. The quantitative estimate of drug-likeness (QED) is 0.326. The lowest BCUT2D eigenvalue weighted by molar-refractivity contribution is 0.132. The molecule has 2 unspecified atom stereocenters. The van der Waals surface area contributed by atoms with Crippen LogP contribution in [0.1, 0.15) is 59.3 Å². The molecule has 0 aromatic carbocycles. The molecule has 0 aliphatic carbocycles. The van der Waals surface area contributed by atoms with Gasteiger partial charge in [-0.15, -0.1) is 0 Å². The Balaban J connectivity index is 3.77. The van der Waals surface area contributed by atoms with E-state index < -0.39 is 0 Å². The van der Waals surface area contributed by atoms with Crippen molar-refractivity contribution >= 4 is 0 Å². The van der Waals surface area contributed by atoms with Crippen LogP contribution in [0.15, 0.2) is 0 Å². The molecule has 0 fully saturated rings. The van der Waals surface area contributed by atoms with E-state index in [2.05, 4.69) is 19.3 Å². The summed E-state index contributed by atoms with van der Waals surface area (Å²) in [7, 11) is 0. The maximum atomic E-state index is 5.58. The molecule has 3 nitrogen and oxygen atoms in total. The van der Waals surface area contributed by atoms with E-state index in [0.29, 0.717) is 6.04 Å². The van der Waals surface area contributed by atoms with Crippen molar-refractivity contribution in [1.29, 1.82) is 0 Å². The van der Waals surface area contributed by atoms with E-state index in [1.165, 1.54) is 32.1 Å². The lowest BCUT2D eigenvalue weighted by atomic mass is 9.91. The largest absolute Gasteiger partial charge is 0.382 e. The van der Waals surface area contributed by atoms with Crippen molar-refractivity contribution < 1.29 is 4.74 Å². The Morgan fingerprint density at radius 2 is 1.94 bits per heavy atom. The van der Waals surface area contributed by atoms with Crippen LogP contribution in [0.3, 0.4) is 0 Å². The van der Waals surface area contributed by atoms with E-state index in [-0.39, 0.29) is 0 Å². The summed E-state index contributed by atoms with van der Waals surface area (Å²) in [6.07, 6.45) is 7.41. The Hall–Kier alpha value is -0.120. The molecule has 0 aromatic heterocycles. The van der Waals surface area contributed by atoms with Crippen LogP contribution in [-0.4, -0.2) is 19.3 Å². The summed E-state index contributed by atoms with van der Waals surface area (Å²) in [5.41, 5.74) is 2.92. The Bertz CT molecular complexity index is 142. The minimum absolute atomic E-state index is 0.411. The topological polar surface area (TPSA) is 47.3 Å². The van der Waals surface area contributed by atoms with Crippen molar-refractivity contribution in [1.82, 2.24) is 5.43 Å². The fraction of sp³-hybridized carbons (Fsp3) is 1.00. The molecule has 0 aromatic rings. The third-order valence-corrected chi connectivity index (χ3v) is 3.21. The normalized spacial score (nSPS) is 15.0. The Labute approximate surface area is 101 Å². The van der Waals surface area contributed by atoms with Gasteiger partial charge in [-0.05, 0) is 25.7 Å². The van der Waals surface area contributed by atoms with E-state index in [1.54, 1.807) is 0 Å². The molecule has 0 heterocycles. The predicted molar refractivity (Wildman–Crippen MR) is 70.1 cm³/mol. The van der Waals surface area contributed by atoms with Gasteiger partial charge in [0.05, 0.1) is 0 Å². The third kappa shape index (κ3) is 8.08. The molecule has 2 atom stereocenters. The highest BCUT2D eigenvalue weighted by atomic mass is 16.5. The zero-order valence-electron chi connectivity index (χ0n) is 11.3. The van der Waals surface area contributed by atoms with Crippen molar-refractivity contribution in [3.63, 3.8) is 0 Å². The second-order valence-electron chi connectivity index (χ2n) is 4.50. The molecule has 0 radical (unpaired) electrons. The Morgan fingerprint density at radius 3 is 2.44 bits per heavy atom. The molecule has 0 rings (SSSR count). The summed E-state index contributed by atoms with van der Waals surface area (Å²) >= 11 is 0. The molecular weight excluding hydrogens is 200 g/mol. The van der Waals surface area contributed by atoms with Gasteiger partial charge >= 0.3 is 0 Å². The molecule has 0 amide bonds. The van der Waals surface area contributed by atoms with Crippen LogP contribution in [0.25, 0.3) is 0 Å². The van der Waals surface area contributed by atoms with Crippen LogP contribution in [0.4, 0.5) is 0 Å². The SMILES string of the molecule is CCCCC(CC)CC(CCOCC)NN. The number of hydrogen-bond acceptors (Lipinski definition) is 3. The molecular formula is C13H30N2O. The van der Waals surface area contributed by atoms with E-state index in [9.17, 15) is 0 Å². The van der Waals surface area contributed by atoms with Crippen LogP contribution >= 0.6 is 0 Å². The number of nitrogens with two attached hydrogens (primary N) is 1. The number of unbranched alkanes of at least 4 members (excludes halogenated alkanes) is 1. The van der Waals surface area contributed by atoms with Crippen LogP contribution < -0.4 is 11.3 Å². The highest BCUT2D eigenvalue weighted by molar-refractivity contribution is 4.69. The smallest absolute Gasteiger partial charge is 0.0481 e. The fourth-order valence-corrected chi connectivity index (χ4v) is 2.02. The lowest BCUT2D eigenvalue weighted by Gasteiger charge is -2.22. The summed E-state index contributed by atoms with van der Waals surface area (Å²) in [5.74, 6) is 6.39. The van der Waals surface area contributed by atoms with Crippen molar-refractivity contribution in [2.75, 3.05) is 13.2 Å². The van der Waals surface area contributed by atoms with Gasteiger partial charge in [-0.3, -0.25) is 11.3 Å². The zero-order valence-corrected chi connectivity index (χ0v) is 11.3. The summed E-state index contributed by atoms with van der Waals surface area (Å²) < 4.78 is 5.37. The van der Waals surface area contributed by atoms with Gasteiger partial charge in [0.25, 0.3) is 0 Å². The van der Waals surface area contributed by atoms with Gasteiger partial charge in [-0.2, -0.15) is 0 Å². The summed E-state index contributed by atoms with van der Waals surface area (Å²) in [6.45, 7) is 8.16. The third-order valence-electron chi connectivity index (χ3n) is 3.21. The number of rotatable bonds is 11. The van der Waals surface area contributed by atoms with Crippen LogP contribution in [0.2, 0.25) is 0 Å². The van der Waals surface area contributed by atoms with Crippen molar-refractivity contribution in [3.05, 3.63) is 0 Å². The average Bonchev–Trinajstić information content (AvgIpc) is 2.32. The standard InChI is InChI=1S/C13H30N2O/c1-4-7-8-12(5-2)11-13(15-14)9-10-16-6-3/h12-13,15H,4-11,14H2,1-3H3. The van der Waals surface area contributed by atoms with Gasteiger partial charge in [0.15, 0.2) is 0 Å². The molecule has 98 valence electrons. The van der Waals surface area contributed by atoms with Crippen molar-refractivity contribution in [3.8, 4) is 0 Å². The molecule has 3 heteroatoms. The second kappa shape index (κ2) is 11.4. The van der Waals surface area contributed by atoms with Crippen LogP contribution in [0, 0.1) is 5.92 Å². The highest BCUT2D eigenvalue weighted by Gasteiger charge is 2.13. The molecule has 3 N–H and O–H groups in total. The number of hydrazine groups is 1. The monoisotopic (exact) mass is 230 g/mol.